The lowest BCUT2D eigenvalue weighted by molar-refractivity contribution is -0.679. The molecule has 10 rings (SSSR count). The Morgan fingerprint density at radius 2 is 0.441 bits per heavy atom. The van der Waals surface area contributed by atoms with Crippen molar-refractivity contribution in [1.82, 2.24) is 15.0 Å². The van der Waals surface area contributed by atoms with Gasteiger partial charge in [0.05, 0.1) is 71.8 Å². The van der Waals surface area contributed by atoms with Crippen molar-refractivity contribution in [2.45, 2.75) is 87.7 Å². The van der Waals surface area contributed by atoms with Crippen molar-refractivity contribution in [2.24, 2.45) is 21.1 Å². The molecule has 0 spiro atoms. The first kappa shape index (κ1) is 91.0. The zero-order valence-electron chi connectivity index (χ0n) is 57.4. The van der Waals surface area contributed by atoms with Crippen molar-refractivity contribution in [3.63, 3.8) is 0 Å². The van der Waals surface area contributed by atoms with Gasteiger partial charge in [-0.05, 0) is 72.8 Å². The second-order valence-corrected chi connectivity index (χ2v) is 41.4. The molecule has 3 aromatic heterocycles. The van der Waals surface area contributed by atoms with Crippen LogP contribution >= 0.6 is 64.1 Å². The Labute approximate surface area is 662 Å². The molecule has 0 amide bonds. The van der Waals surface area contributed by atoms with Crippen molar-refractivity contribution in [2.75, 3.05) is 21.3 Å². The van der Waals surface area contributed by atoms with Crippen molar-refractivity contribution in [3.8, 4) is 34.5 Å². The third-order valence-electron chi connectivity index (χ3n) is 15.9. The molecule has 6 N–H and O–H groups in total. The van der Waals surface area contributed by atoms with E-state index in [0.717, 1.165) is 0 Å². The van der Waals surface area contributed by atoms with E-state index in [1.165, 1.54) is 94.1 Å². The van der Waals surface area contributed by atoms with Gasteiger partial charge >= 0.3 is 0 Å². The predicted octanol–water partition coefficient (Wildman–Crippen LogP) is 5.34. The molecule has 36 nitrogen and oxygen atoms in total. The van der Waals surface area contributed by atoms with Crippen molar-refractivity contribution in [1.29, 1.82) is 0 Å². The van der Waals surface area contributed by atoms with Crippen LogP contribution in [-0.4, -0.2) is 139 Å². The number of imidazole rings is 3. The highest BCUT2D eigenvalue weighted by molar-refractivity contribution is 8.15. The number of hydrogen-bond donors (Lipinski definition) is 6. The van der Waals surface area contributed by atoms with Crippen LogP contribution in [0.3, 0.4) is 0 Å². The molecule has 1 aliphatic rings. The summed E-state index contributed by atoms with van der Waals surface area (Å²) in [5.74, 6) is 1.15. The van der Waals surface area contributed by atoms with Crippen LogP contribution in [0.2, 0.25) is 0 Å². The molecule has 0 fully saturated rings. The SMILES string of the molecule is COc1c2cc(S(=O)(=O)Cl)cc1Cc1cc(S(=O)(=O)Cl)cc(c1OCc1[nH]cc[n+]1C)Cc1cc(S(=O)(=O)Cl)cc(c1OC)Cc1cc(S(=O)(=O)Cl)cc(c1OCc1[nH]cc[n+]1C)Cc1cc(S(=O)(=O)Cl)cc(c1OC)Cc1cc(S(=O)(=O)Cl)cc(c1OCc1[nH]cc[n+]1C)C2.O=S(=O)([O-])O.O=S(=O)([O-])O.O=S(=O)([O-])O. The van der Waals surface area contributed by atoms with Crippen LogP contribution in [0.5, 0.6) is 34.5 Å². The number of aromatic nitrogens is 6. The first-order valence-corrected chi connectivity index (χ1v) is 48.1. The van der Waals surface area contributed by atoms with Gasteiger partial charge < -0.3 is 42.1 Å². The zero-order valence-corrected chi connectivity index (χ0v) is 69.3. The van der Waals surface area contributed by atoms with E-state index in [0.29, 0.717) is 17.5 Å². The molecule has 12 bridgehead atoms. The predicted molar refractivity (Wildman–Crippen MR) is 389 cm³/mol. The minimum Gasteiger partial charge on any atom is -0.726 e. The fraction of sp³-hybridized carbons (Fsp3) is 0.250. The molecule has 1 aliphatic carbocycles. The van der Waals surface area contributed by atoms with Gasteiger partial charge in [-0.25, -0.2) is 104 Å². The molecule has 3 heterocycles. The number of hydrogen-bond acceptors (Lipinski definition) is 27. The topological polar surface area (TPSA) is 552 Å². The fourth-order valence-electron chi connectivity index (χ4n) is 11.5. The highest BCUT2D eigenvalue weighted by Crippen LogP contribution is 2.45. The van der Waals surface area contributed by atoms with Gasteiger partial charge in [-0.1, -0.05) is 0 Å². The number of aryl methyl sites for hydroxylation is 3. The van der Waals surface area contributed by atoms with E-state index in [-0.39, 0.29) is 121 Å². The first-order chi connectivity index (χ1) is 50.9. The number of H-pyrrole nitrogens is 3. The molecule has 0 saturated carbocycles. The lowest BCUT2D eigenvalue weighted by Crippen LogP contribution is -2.31. The first-order valence-electron chi connectivity index (χ1n) is 30.1. The van der Waals surface area contributed by atoms with Crippen LogP contribution < -0.4 is 42.1 Å². The summed E-state index contributed by atoms with van der Waals surface area (Å²) in [6.45, 7) is -0.742. The highest BCUT2D eigenvalue weighted by Gasteiger charge is 2.32. The number of ether oxygens (including phenoxy) is 6. The Hall–Kier alpha value is -7.20. The smallest absolute Gasteiger partial charge is 0.292 e. The largest absolute Gasteiger partial charge is 0.726 e. The summed E-state index contributed by atoms with van der Waals surface area (Å²) in [6, 6.07) is 14.2. The van der Waals surface area contributed by atoms with Crippen molar-refractivity contribution >= 4 is 150 Å². The zero-order chi connectivity index (χ0) is 83.3. The van der Waals surface area contributed by atoms with Crippen molar-refractivity contribution < 1.29 is 145 Å². The Morgan fingerprint density at radius 1 is 0.306 bits per heavy atom. The van der Waals surface area contributed by atoms with Crippen LogP contribution in [0.4, 0.5) is 0 Å². The van der Waals surface area contributed by atoms with E-state index < -0.39 is 153 Å². The molecule has 51 heteroatoms. The fourth-order valence-corrected chi connectivity index (χ4v) is 16.5. The molecule has 0 radical (unpaired) electrons. The molecule has 9 aromatic rings. The van der Waals surface area contributed by atoms with Crippen LogP contribution in [-0.2, 0) is 165 Å². The Bertz CT molecular complexity index is 5430. The molecule has 0 aliphatic heterocycles. The molecule has 111 heavy (non-hydrogen) atoms. The van der Waals surface area contributed by atoms with Crippen LogP contribution in [0, 0.1) is 0 Å². The Kier molecular flexibility index (Phi) is 29.2. The normalized spacial score (nSPS) is 13.1. The molecule has 0 unspecified atom stereocenters. The standard InChI is InChI=1S/C60H54Cl6N6O18S6.3H2O4S/c1-70-10-7-67-52(70)31-88-58-40-13-34-19-46(91(61,73)74)21-36(55(34)85-4)15-42-27-50(95(65,81)82)29-44(59(42)89-32-53-68-8-11-71(53)2)17-38-23-48(93(63,77)78)24-39(57(38)87-6)18-45-30-51(96(66,83)84)28-43(60(45)90-33-54-69-9-12-72(54)3)16-37-22-47(92(62,75)76)20-35(56(37)86-5)14-41(58)26-49(25-40)94(64,79)80;3*1-5(2,3)4/h7-12,19-30H,13-18,31-33H2,1-6H3;3*(H2,1,2,3,4). The van der Waals surface area contributed by atoms with Gasteiger partial charge in [0.15, 0.2) is 19.8 Å². The van der Waals surface area contributed by atoms with Gasteiger partial charge in [0.2, 0.25) is 31.2 Å². The van der Waals surface area contributed by atoms with Gasteiger partial charge in [-0.15, -0.1) is 0 Å². The van der Waals surface area contributed by atoms with Gasteiger partial charge in [-0.2, -0.15) is 0 Å². The van der Waals surface area contributed by atoms with Crippen LogP contribution in [0.15, 0.2) is 139 Å². The Balaban J connectivity index is 0.00000104. The monoisotopic (exact) mass is 1840 g/mol. The summed E-state index contributed by atoms with van der Waals surface area (Å²) in [6.07, 6.45) is 7.17. The second-order valence-electron chi connectivity index (χ2n) is 23.4. The molecule has 0 atom stereocenters. The summed E-state index contributed by atoms with van der Waals surface area (Å²) in [5, 5.41) is 0. The van der Waals surface area contributed by atoms with E-state index in [1.807, 2.05) is 0 Å². The maximum Gasteiger partial charge on any atom is 0.292 e. The quantitative estimate of drug-likeness (QED) is 0.0273. The summed E-state index contributed by atoms with van der Waals surface area (Å²) < 4.78 is 308. The van der Waals surface area contributed by atoms with Gasteiger partial charge in [0, 0.05) is 169 Å². The summed E-state index contributed by atoms with van der Waals surface area (Å²) in [5.41, 5.74) is 0.217. The van der Waals surface area contributed by atoms with Crippen LogP contribution in [0.25, 0.3) is 0 Å². The Morgan fingerprint density at radius 3 is 0.550 bits per heavy atom. The number of fused-ring (bicyclic) bond motifs is 12. The van der Waals surface area contributed by atoms with E-state index in [2.05, 4.69) is 15.0 Å². The van der Waals surface area contributed by atoms with Crippen molar-refractivity contribution in [3.05, 3.63) is 194 Å². The van der Waals surface area contributed by atoms with E-state index in [1.54, 1.807) is 72.0 Å². The number of rotatable bonds is 18. The van der Waals surface area contributed by atoms with Gasteiger partial charge in [0.1, 0.15) is 71.7 Å². The molecule has 6 aromatic carbocycles. The average Bonchev–Trinajstić information content (AvgIpc) is 1.14. The molecule has 606 valence electrons. The number of aromatic amines is 3. The number of nitrogens with zero attached hydrogens (tertiary/aromatic N) is 3. The maximum absolute atomic E-state index is 13.8. The maximum atomic E-state index is 13.8. The lowest BCUT2D eigenvalue weighted by Gasteiger charge is -2.23. The minimum atomic E-state index is -4.92. The number of benzene rings is 6. The minimum absolute atomic E-state index is 0.0165. The molecule has 0 saturated heterocycles. The van der Waals surface area contributed by atoms with E-state index >= 15 is 0 Å². The lowest BCUT2D eigenvalue weighted by atomic mass is 9.91. The highest BCUT2D eigenvalue weighted by atomic mass is 35.7. The van der Waals surface area contributed by atoms with Gasteiger partial charge in [-0.3, -0.25) is 13.7 Å². The summed E-state index contributed by atoms with van der Waals surface area (Å²) >= 11 is 0. The average molecular weight is 1850 g/mol. The third-order valence-corrected chi connectivity index (χ3v) is 23.9. The second kappa shape index (κ2) is 35.7. The molecular formula is C60H60Cl6N6O30S9. The van der Waals surface area contributed by atoms with E-state index in [4.69, 9.17) is 145 Å². The number of halogens is 6. The number of nitrogens with one attached hydrogen (secondary N) is 3. The molecular weight excluding hydrogens is 1790 g/mol. The van der Waals surface area contributed by atoms with Gasteiger partial charge in [0.25, 0.3) is 71.8 Å². The third kappa shape index (κ3) is 26.2. The number of methoxy groups -OCH3 is 3. The summed E-state index contributed by atoms with van der Waals surface area (Å²) in [4.78, 5) is 6.14. The summed E-state index contributed by atoms with van der Waals surface area (Å²) in [7, 11) is 3.27. The van der Waals surface area contributed by atoms with Crippen LogP contribution in [0.1, 0.15) is 84.2 Å². The van der Waals surface area contributed by atoms with E-state index in [9.17, 15) is 50.5 Å².